The van der Waals surface area contributed by atoms with Crippen LogP contribution >= 0.6 is 11.8 Å². The van der Waals surface area contributed by atoms with Crippen LogP contribution in [0, 0.1) is 11.3 Å². The third-order valence-corrected chi connectivity index (χ3v) is 3.29. The van der Waals surface area contributed by atoms with Gasteiger partial charge in [0, 0.05) is 18.6 Å². The van der Waals surface area contributed by atoms with Gasteiger partial charge in [-0.15, -0.1) is 11.8 Å². The molecule has 5 heteroatoms. The van der Waals surface area contributed by atoms with E-state index in [9.17, 15) is 5.11 Å². The molecule has 0 aromatic heterocycles. The molecule has 4 nitrogen and oxygen atoms in total. The quantitative estimate of drug-likeness (QED) is 0.740. The van der Waals surface area contributed by atoms with E-state index in [-0.39, 0.29) is 0 Å². The Kier molecular flexibility index (Phi) is 6.58. The normalized spacial score (nSPS) is 11.9. The third-order valence-electron chi connectivity index (χ3n) is 2.51. The number of nitriles is 1. The molecule has 18 heavy (non-hydrogen) atoms. The van der Waals surface area contributed by atoms with E-state index in [1.807, 2.05) is 24.5 Å². The highest BCUT2D eigenvalue weighted by molar-refractivity contribution is 7.98. The minimum absolute atomic E-state index is 0.331. The Morgan fingerprint density at radius 2 is 2.33 bits per heavy atom. The van der Waals surface area contributed by atoms with Gasteiger partial charge in [-0.2, -0.15) is 5.26 Å². The van der Waals surface area contributed by atoms with E-state index < -0.39 is 6.10 Å². The molecule has 0 saturated carbocycles. The van der Waals surface area contributed by atoms with Gasteiger partial charge in [0.15, 0.2) is 0 Å². The SMILES string of the molecule is COCC(O)CCNc1cccc(SC)c1C#N. The van der Waals surface area contributed by atoms with E-state index in [2.05, 4.69) is 11.4 Å². The number of nitrogens with one attached hydrogen (secondary N) is 1. The minimum Gasteiger partial charge on any atom is -0.391 e. The Balaban J connectivity index is 2.60. The molecule has 98 valence electrons. The van der Waals surface area contributed by atoms with E-state index in [1.54, 1.807) is 18.9 Å². The number of methoxy groups -OCH3 is 1. The molecule has 0 spiro atoms. The summed E-state index contributed by atoms with van der Waals surface area (Å²) in [7, 11) is 1.56. The molecule has 0 amide bonds. The van der Waals surface area contributed by atoms with Gasteiger partial charge in [0.2, 0.25) is 0 Å². The molecule has 1 rings (SSSR count). The van der Waals surface area contributed by atoms with E-state index in [0.717, 1.165) is 10.6 Å². The molecule has 0 aliphatic carbocycles. The van der Waals surface area contributed by atoms with Crippen LogP contribution in [-0.4, -0.2) is 37.7 Å². The first-order chi connectivity index (χ1) is 8.72. The van der Waals surface area contributed by atoms with Crippen molar-refractivity contribution in [2.45, 2.75) is 17.4 Å². The fourth-order valence-electron chi connectivity index (χ4n) is 1.61. The van der Waals surface area contributed by atoms with Crippen molar-refractivity contribution in [1.29, 1.82) is 5.26 Å². The molecule has 0 aliphatic rings. The number of aliphatic hydroxyl groups is 1. The fraction of sp³-hybridized carbons (Fsp3) is 0.462. The minimum atomic E-state index is -0.475. The number of hydrogen-bond acceptors (Lipinski definition) is 5. The van der Waals surface area contributed by atoms with Gasteiger partial charge in [-0.3, -0.25) is 0 Å². The van der Waals surface area contributed by atoms with E-state index >= 15 is 0 Å². The Morgan fingerprint density at radius 1 is 1.56 bits per heavy atom. The summed E-state index contributed by atoms with van der Waals surface area (Å²) in [5.74, 6) is 0. The van der Waals surface area contributed by atoms with Crippen molar-refractivity contribution in [2.75, 3.05) is 31.8 Å². The van der Waals surface area contributed by atoms with Gasteiger partial charge in [-0.1, -0.05) is 6.07 Å². The number of hydrogen-bond donors (Lipinski definition) is 2. The largest absolute Gasteiger partial charge is 0.391 e. The fourth-order valence-corrected chi connectivity index (χ4v) is 2.19. The topological polar surface area (TPSA) is 65.3 Å². The highest BCUT2D eigenvalue weighted by atomic mass is 32.2. The Bertz CT molecular complexity index is 418. The third kappa shape index (κ3) is 4.22. The summed E-state index contributed by atoms with van der Waals surface area (Å²) < 4.78 is 4.85. The molecule has 1 aromatic carbocycles. The van der Waals surface area contributed by atoms with Crippen LogP contribution in [0.5, 0.6) is 0 Å². The molecule has 1 aromatic rings. The monoisotopic (exact) mass is 266 g/mol. The summed E-state index contributed by atoms with van der Waals surface area (Å²) in [6.45, 7) is 0.939. The summed E-state index contributed by atoms with van der Waals surface area (Å²) in [6, 6.07) is 7.93. The summed E-state index contributed by atoms with van der Waals surface area (Å²) in [5.41, 5.74) is 1.47. The Morgan fingerprint density at radius 3 is 2.94 bits per heavy atom. The van der Waals surface area contributed by atoms with E-state index in [1.165, 1.54) is 0 Å². The maximum Gasteiger partial charge on any atom is 0.102 e. The number of anilines is 1. The van der Waals surface area contributed by atoms with Crippen molar-refractivity contribution in [1.82, 2.24) is 0 Å². The number of benzene rings is 1. The Labute approximate surface area is 112 Å². The second kappa shape index (κ2) is 7.98. The second-order valence-corrected chi connectivity index (χ2v) is 4.67. The number of thioether (sulfide) groups is 1. The van der Waals surface area contributed by atoms with Crippen LogP contribution in [0.1, 0.15) is 12.0 Å². The van der Waals surface area contributed by atoms with Crippen LogP contribution in [0.4, 0.5) is 5.69 Å². The first kappa shape index (κ1) is 14.8. The summed E-state index contributed by atoms with van der Waals surface area (Å²) in [4.78, 5) is 0.958. The van der Waals surface area contributed by atoms with Crippen LogP contribution in [-0.2, 0) is 4.74 Å². The van der Waals surface area contributed by atoms with Crippen molar-refractivity contribution in [2.24, 2.45) is 0 Å². The lowest BCUT2D eigenvalue weighted by Gasteiger charge is -2.13. The zero-order valence-corrected chi connectivity index (χ0v) is 11.5. The van der Waals surface area contributed by atoms with Crippen molar-refractivity contribution in [3.63, 3.8) is 0 Å². The van der Waals surface area contributed by atoms with Gasteiger partial charge in [-0.25, -0.2) is 0 Å². The van der Waals surface area contributed by atoms with Crippen LogP contribution in [0.25, 0.3) is 0 Å². The van der Waals surface area contributed by atoms with Gasteiger partial charge >= 0.3 is 0 Å². The smallest absolute Gasteiger partial charge is 0.102 e. The highest BCUT2D eigenvalue weighted by Gasteiger charge is 2.08. The summed E-state index contributed by atoms with van der Waals surface area (Å²) in [6.07, 6.45) is 2.06. The predicted octanol–water partition coefficient (Wildman–Crippen LogP) is 2.09. The molecular weight excluding hydrogens is 248 g/mol. The van der Waals surface area contributed by atoms with Crippen LogP contribution in [0.3, 0.4) is 0 Å². The van der Waals surface area contributed by atoms with Crippen molar-refractivity contribution >= 4 is 17.4 Å². The van der Waals surface area contributed by atoms with E-state index in [0.29, 0.717) is 25.1 Å². The molecular formula is C13H18N2O2S. The maximum atomic E-state index is 9.52. The van der Waals surface area contributed by atoms with Gasteiger partial charge in [-0.05, 0) is 24.8 Å². The van der Waals surface area contributed by atoms with Crippen molar-refractivity contribution < 1.29 is 9.84 Å². The van der Waals surface area contributed by atoms with Gasteiger partial charge in [0.1, 0.15) is 6.07 Å². The number of rotatable bonds is 7. The zero-order valence-electron chi connectivity index (χ0n) is 10.6. The Hall–Kier alpha value is -1.22. The van der Waals surface area contributed by atoms with Crippen molar-refractivity contribution in [3.05, 3.63) is 23.8 Å². The predicted molar refractivity (Wildman–Crippen MR) is 73.9 cm³/mol. The zero-order chi connectivity index (χ0) is 13.4. The molecule has 0 bridgehead atoms. The second-order valence-electron chi connectivity index (χ2n) is 3.82. The van der Waals surface area contributed by atoms with Gasteiger partial charge < -0.3 is 15.2 Å². The average molecular weight is 266 g/mol. The first-order valence-electron chi connectivity index (χ1n) is 5.71. The van der Waals surface area contributed by atoms with Crippen LogP contribution < -0.4 is 5.32 Å². The lowest BCUT2D eigenvalue weighted by molar-refractivity contribution is 0.0615. The molecule has 2 N–H and O–H groups in total. The standard InChI is InChI=1S/C13H18N2O2S/c1-17-9-10(16)6-7-15-12-4-3-5-13(18-2)11(12)8-14/h3-5,10,15-16H,6-7,9H2,1-2H3. The molecule has 0 fully saturated rings. The van der Waals surface area contributed by atoms with Crippen LogP contribution in [0.2, 0.25) is 0 Å². The molecule has 1 unspecified atom stereocenters. The molecule has 0 saturated heterocycles. The van der Waals surface area contributed by atoms with Crippen LogP contribution in [0.15, 0.2) is 23.1 Å². The average Bonchev–Trinajstić information content (AvgIpc) is 2.38. The molecule has 0 aliphatic heterocycles. The van der Waals surface area contributed by atoms with Gasteiger partial charge in [0.05, 0.1) is 24.0 Å². The molecule has 0 heterocycles. The first-order valence-corrected chi connectivity index (χ1v) is 6.93. The lowest BCUT2D eigenvalue weighted by atomic mass is 10.2. The molecule has 0 radical (unpaired) electrons. The highest BCUT2D eigenvalue weighted by Crippen LogP contribution is 2.26. The number of aliphatic hydroxyl groups excluding tert-OH is 1. The summed E-state index contributed by atoms with van der Waals surface area (Å²) in [5, 5.41) is 21.8. The summed E-state index contributed by atoms with van der Waals surface area (Å²) >= 11 is 1.55. The number of ether oxygens (including phenoxy) is 1. The molecule has 1 atom stereocenters. The van der Waals surface area contributed by atoms with E-state index in [4.69, 9.17) is 10.00 Å². The van der Waals surface area contributed by atoms with Gasteiger partial charge in [0.25, 0.3) is 0 Å². The maximum absolute atomic E-state index is 9.52. The van der Waals surface area contributed by atoms with Crippen molar-refractivity contribution in [3.8, 4) is 6.07 Å². The lowest BCUT2D eigenvalue weighted by Crippen LogP contribution is -2.18. The number of nitrogens with zero attached hydrogens (tertiary/aromatic N) is 1.